The fourth-order valence-corrected chi connectivity index (χ4v) is 3.53. The molecule has 2 aromatic rings. The quantitative estimate of drug-likeness (QED) is 0.755. The van der Waals surface area contributed by atoms with E-state index in [0.29, 0.717) is 17.3 Å². The van der Waals surface area contributed by atoms with Crippen LogP contribution in [0.1, 0.15) is 42.5 Å². The molecule has 0 saturated carbocycles. The molecule has 1 N–H and O–H groups in total. The largest absolute Gasteiger partial charge is 0.491 e. The molecule has 1 aliphatic heterocycles. The van der Waals surface area contributed by atoms with Crippen LogP contribution in [0.3, 0.4) is 0 Å². The lowest BCUT2D eigenvalue weighted by Gasteiger charge is -2.29. The number of benzene rings is 1. The van der Waals surface area contributed by atoms with Crippen LogP contribution >= 0.6 is 11.6 Å². The number of ether oxygens (including phenoxy) is 1. The Hall–Kier alpha value is -1.84. The predicted octanol–water partition coefficient (Wildman–Crippen LogP) is 3.64. The standard InChI is InChI=1S/C19H24ClF3N4O2/c1-11(2)14-7-15(20)12(3)6-16(14)29-10-13(28)8-26-4-5-27-17(9-26)24-25-18(27)19(21,22)23/h6-7,11,13,28H,4-5,8-10H2,1-3H3. The van der Waals surface area contributed by atoms with Gasteiger partial charge in [0.15, 0.2) is 0 Å². The summed E-state index contributed by atoms with van der Waals surface area (Å²) in [5, 5.41) is 18.0. The van der Waals surface area contributed by atoms with E-state index in [-0.39, 0.29) is 38.0 Å². The molecule has 0 bridgehead atoms. The highest BCUT2D eigenvalue weighted by Gasteiger charge is 2.39. The number of hydrogen-bond acceptors (Lipinski definition) is 5. The first-order valence-electron chi connectivity index (χ1n) is 9.38. The van der Waals surface area contributed by atoms with Crippen LogP contribution in [0.15, 0.2) is 12.1 Å². The van der Waals surface area contributed by atoms with Crippen LogP contribution in [0.4, 0.5) is 13.2 Å². The maximum Gasteiger partial charge on any atom is 0.451 e. The van der Waals surface area contributed by atoms with Crippen LogP contribution < -0.4 is 4.74 Å². The summed E-state index contributed by atoms with van der Waals surface area (Å²) in [5.74, 6) is 0.146. The average Bonchev–Trinajstić information content (AvgIpc) is 3.05. The number of aliphatic hydroxyl groups excluding tert-OH is 1. The third kappa shape index (κ3) is 5.02. The summed E-state index contributed by atoms with van der Waals surface area (Å²) < 4.78 is 45.7. The van der Waals surface area contributed by atoms with Crippen LogP contribution in [0.2, 0.25) is 5.02 Å². The minimum atomic E-state index is -4.52. The second-order valence-electron chi connectivity index (χ2n) is 7.58. The van der Waals surface area contributed by atoms with E-state index in [1.165, 1.54) is 0 Å². The molecule has 6 nitrogen and oxygen atoms in total. The van der Waals surface area contributed by atoms with Gasteiger partial charge >= 0.3 is 6.18 Å². The van der Waals surface area contributed by atoms with E-state index in [1.54, 1.807) is 0 Å². The van der Waals surface area contributed by atoms with Crippen LogP contribution in [0.5, 0.6) is 5.75 Å². The van der Waals surface area contributed by atoms with Crippen LogP contribution in [-0.4, -0.2) is 50.6 Å². The third-order valence-electron chi connectivity index (χ3n) is 4.90. The number of hydrogen-bond donors (Lipinski definition) is 1. The van der Waals surface area contributed by atoms with E-state index in [9.17, 15) is 18.3 Å². The molecule has 10 heteroatoms. The Kier molecular flexibility index (Phi) is 6.40. The van der Waals surface area contributed by atoms with Gasteiger partial charge in [0, 0.05) is 24.7 Å². The Morgan fingerprint density at radius 1 is 1.24 bits per heavy atom. The second kappa shape index (κ2) is 8.49. The van der Waals surface area contributed by atoms with Gasteiger partial charge in [0.25, 0.3) is 0 Å². The first-order valence-corrected chi connectivity index (χ1v) is 9.76. The molecular weight excluding hydrogens is 409 g/mol. The lowest BCUT2D eigenvalue weighted by molar-refractivity contribution is -0.148. The molecule has 1 aromatic heterocycles. The summed E-state index contributed by atoms with van der Waals surface area (Å²) >= 11 is 6.20. The predicted molar refractivity (Wildman–Crippen MR) is 102 cm³/mol. The number of aryl methyl sites for hydroxylation is 1. The van der Waals surface area contributed by atoms with Gasteiger partial charge in [0.05, 0.1) is 6.54 Å². The number of alkyl halides is 3. The van der Waals surface area contributed by atoms with Crippen LogP contribution in [0.25, 0.3) is 0 Å². The fourth-order valence-electron chi connectivity index (χ4n) is 3.36. The van der Waals surface area contributed by atoms with Gasteiger partial charge in [-0.2, -0.15) is 13.2 Å². The Morgan fingerprint density at radius 3 is 2.62 bits per heavy atom. The highest BCUT2D eigenvalue weighted by atomic mass is 35.5. The molecule has 0 aliphatic carbocycles. The molecule has 0 saturated heterocycles. The minimum Gasteiger partial charge on any atom is -0.491 e. The fraction of sp³-hybridized carbons (Fsp3) is 0.579. The zero-order valence-electron chi connectivity index (χ0n) is 16.5. The molecule has 29 heavy (non-hydrogen) atoms. The number of β-amino-alcohol motifs (C(OH)–C–C–N with tert-alkyl or cyclic N) is 1. The van der Waals surface area contributed by atoms with Crippen molar-refractivity contribution in [2.24, 2.45) is 0 Å². The molecule has 1 atom stereocenters. The average molecular weight is 433 g/mol. The highest BCUT2D eigenvalue weighted by molar-refractivity contribution is 6.31. The van der Waals surface area contributed by atoms with E-state index in [1.807, 2.05) is 37.8 Å². The molecular formula is C19H24ClF3N4O2. The number of nitrogens with zero attached hydrogens (tertiary/aromatic N) is 4. The highest BCUT2D eigenvalue weighted by Crippen LogP contribution is 2.32. The van der Waals surface area contributed by atoms with E-state index >= 15 is 0 Å². The number of aliphatic hydroxyl groups is 1. The van der Waals surface area contributed by atoms with Crippen molar-refractivity contribution < 1.29 is 23.0 Å². The zero-order valence-corrected chi connectivity index (χ0v) is 17.3. The molecule has 160 valence electrons. The van der Waals surface area contributed by atoms with Gasteiger partial charge in [-0.1, -0.05) is 25.4 Å². The van der Waals surface area contributed by atoms with E-state index in [0.717, 1.165) is 15.7 Å². The summed E-state index contributed by atoms with van der Waals surface area (Å²) in [4.78, 5) is 1.84. The Labute approximate surface area is 172 Å². The topological polar surface area (TPSA) is 63.4 Å². The molecule has 0 radical (unpaired) electrons. The summed E-state index contributed by atoms with van der Waals surface area (Å²) in [6.07, 6.45) is -5.33. The van der Waals surface area contributed by atoms with Gasteiger partial charge in [0.2, 0.25) is 5.82 Å². The van der Waals surface area contributed by atoms with Crippen molar-refractivity contribution in [3.8, 4) is 5.75 Å². The Balaban J connectivity index is 1.59. The smallest absolute Gasteiger partial charge is 0.451 e. The van der Waals surface area contributed by atoms with Gasteiger partial charge in [-0.3, -0.25) is 4.90 Å². The number of rotatable bonds is 6. The first kappa shape index (κ1) is 21.9. The van der Waals surface area contributed by atoms with Gasteiger partial charge in [0.1, 0.15) is 24.3 Å². The van der Waals surface area contributed by atoms with Crippen molar-refractivity contribution in [1.82, 2.24) is 19.7 Å². The van der Waals surface area contributed by atoms with Crippen LogP contribution in [-0.2, 0) is 19.3 Å². The van der Waals surface area contributed by atoms with E-state index < -0.39 is 18.1 Å². The molecule has 3 rings (SSSR count). The molecule has 1 aromatic carbocycles. The van der Waals surface area contributed by atoms with Crippen molar-refractivity contribution >= 4 is 11.6 Å². The first-order chi connectivity index (χ1) is 13.6. The van der Waals surface area contributed by atoms with Gasteiger partial charge in [-0.05, 0) is 36.1 Å². The Bertz CT molecular complexity index is 870. The normalized spacial score (nSPS) is 16.2. The van der Waals surface area contributed by atoms with Crippen molar-refractivity contribution in [1.29, 1.82) is 0 Å². The molecule has 1 aliphatic rings. The maximum atomic E-state index is 12.9. The Morgan fingerprint density at radius 2 is 1.97 bits per heavy atom. The maximum absolute atomic E-state index is 12.9. The SMILES string of the molecule is Cc1cc(OCC(O)CN2CCn3c(nnc3C(F)(F)F)C2)c(C(C)C)cc1Cl. The monoisotopic (exact) mass is 432 g/mol. The summed E-state index contributed by atoms with van der Waals surface area (Å²) in [7, 11) is 0. The van der Waals surface area contributed by atoms with Gasteiger partial charge in [-0.15, -0.1) is 10.2 Å². The third-order valence-corrected chi connectivity index (χ3v) is 5.31. The van der Waals surface area contributed by atoms with Crippen LogP contribution in [0, 0.1) is 6.92 Å². The van der Waals surface area contributed by atoms with Crippen molar-refractivity contribution in [2.75, 3.05) is 19.7 Å². The van der Waals surface area contributed by atoms with Crippen molar-refractivity contribution in [3.05, 3.63) is 39.9 Å². The van der Waals surface area contributed by atoms with Crippen molar-refractivity contribution in [3.63, 3.8) is 0 Å². The number of aromatic nitrogens is 3. The van der Waals surface area contributed by atoms with Crippen molar-refractivity contribution in [2.45, 2.75) is 52.1 Å². The molecule has 0 spiro atoms. The van der Waals surface area contributed by atoms with Gasteiger partial charge in [-0.25, -0.2) is 0 Å². The molecule has 1 unspecified atom stereocenters. The molecule has 0 amide bonds. The van der Waals surface area contributed by atoms with E-state index in [2.05, 4.69) is 10.2 Å². The summed E-state index contributed by atoms with van der Waals surface area (Å²) in [6.45, 7) is 6.95. The number of halogens is 4. The zero-order chi connectivity index (χ0) is 21.3. The lowest BCUT2D eigenvalue weighted by Crippen LogP contribution is -2.41. The summed E-state index contributed by atoms with van der Waals surface area (Å²) in [6, 6.07) is 3.73. The van der Waals surface area contributed by atoms with E-state index in [4.69, 9.17) is 16.3 Å². The molecule has 0 fully saturated rings. The summed E-state index contributed by atoms with van der Waals surface area (Å²) in [5.41, 5.74) is 1.84. The second-order valence-corrected chi connectivity index (χ2v) is 7.99. The minimum absolute atomic E-state index is 0.0672. The lowest BCUT2D eigenvalue weighted by atomic mass is 10.0. The number of fused-ring (bicyclic) bond motifs is 1. The van der Waals surface area contributed by atoms with Gasteiger partial charge < -0.3 is 14.4 Å². The molecule has 2 heterocycles.